The molecule has 4 aromatic rings. The zero-order valence-electron chi connectivity index (χ0n) is 23.0. The number of alkyl halides is 3. The number of amides is 1. The van der Waals surface area contributed by atoms with Crippen molar-refractivity contribution in [3.05, 3.63) is 122 Å². The summed E-state index contributed by atoms with van der Waals surface area (Å²) in [5, 5.41) is 20.0. The van der Waals surface area contributed by atoms with E-state index in [1.54, 1.807) is 6.07 Å². The Morgan fingerprint density at radius 2 is 1.77 bits per heavy atom. The first kappa shape index (κ1) is 28.4. The Kier molecular flexibility index (Phi) is 7.14. The average Bonchev–Trinajstić information content (AvgIpc) is 3.85. The number of rotatable bonds is 5. The quantitative estimate of drug-likeness (QED) is 0.326. The van der Waals surface area contributed by atoms with Gasteiger partial charge >= 0.3 is 6.18 Å². The molecule has 7 nitrogen and oxygen atoms in total. The van der Waals surface area contributed by atoms with Crippen LogP contribution in [0.3, 0.4) is 0 Å². The minimum Gasteiger partial charge on any atom is -0.378 e. The van der Waals surface area contributed by atoms with Gasteiger partial charge < -0.3 is 15.0 Å². The minimum absolute atomic E-state index is 0.107. The van der Waals surface area contributed by atoms with Gasteiger partial charge in [-0.2, -0.15) is 18.4 Å². The highest BCUT2D eigenvalue weighted by Crippen LogP contribution is 2.52. The van der Waals surface area contributed by atoms with E-state index in [0.717, 1.165) is 47.7 Å². The maximum absolute atomic E-state index is 13.4. The summed E-state index contributed by atoms with van der Waals surface area (Å²) in [6.07, 6.45) is -3.91. The summed E-state index contributed by atoms with van der Waals surface area (Å²) < 4.78 is 39.5. The molecular formula is C33H27F3N4O3. The third-order valence-corrected chi connectivity index (χ3v) is 8.31. The van der Waals surface area contributed by atoms with Crippen LogP contribution >= 0.6 is 0 Å². The summed E-state index contributed by atoms with van der Waals surface area (Å²) in [4.78, 5) is 35.7. The van der Waals surface area contributed by atoms with Crippen LogP contribution in [0.15, 0.2) is 77.6 Å². The molecule has 0 bridgehead atoms. The van der Waals surface area contributed by atoms with Crippen molar-refractivity contribution in [3.63, 3.8) is 0 Å². The number of nitriles is 1. The van der Waals surface area contributed by atoms with Crippen LogP contribution < -0.4 is 5.56 Å². The van der Waals surface area contributed by atoms with Gasteiger partial charge in [0.1, 0.15) is 5.82 Å². The zero-order chi connectivity index (χ0) is 30.4. The number of aliphatic hydroxyl groups is 1. The molecule has 0 spiro atoms. The highest BCUT2D eigenvalue weighted by molar-refractivity contribution is 5.82. The Morgan fingerprint density at radius 3 is 2.49 bits per heavy atom. The molecular weight excluding hydrogens is 557 g/mol. The Hall–Kier alpha value is -4.75. The molecule has 10 heteroatoms. The normalized spacial score (nSPS) is 16.5. The summed E-state index contributed by atoms with van der Waals surface area (Å²) >= 11 is 0. The predicted molar refractivity (Wildman–Crippen MR) is 152 cm³/mol. The maximum Gasteiger partial charge on any atom is 0.416 e. The number of aromatic amines is 1. The first-order chi connectivity index (χ1) is 20.6. The molecule has 0 unspecified atom stereocenters. The zero-order valence-corrected chi connectivity index (χ0v) is 23.0. The van der Waals surface area contributed by atoms with Crippen LogP contribution in [0.5, 0.6) is 0 Å². The van der Waals surface area contributed by atoms with Crippen molar-refractivity contribution in [2.24, 2.45) is 0 Å². The number of hydrogen-bond donors (Lipinski definition) is 2. The smallest absolute Gasteiger partial charge is 0.378 e. The van der Waals surface area contributed by atoms with E-state index in [1.165, 1.54) is 11.0 Å². The van der Waals surface area contributed by atoms with Gasteiger partial charge in [-0.3, -0.25) is 9.59 Å². The first-order valence-electron chi connectivity index (χ1n) is 14.0. The van der Waals surface area contributed by atoms with E-state index in [4.69, 9.17) is 4.98 Å². The molecule has 1 amide bonds. The van der Waals surface area contributed by atoms with Gasteiger partial charge in [0, 0.05) is 6.54 Å². The molecule has 6 rings (SSSR count). The summed E-state index contributed by atoms with van der Waals surface area (Å²) in [6.45, 7) is 0.111. The topological polar surface area (TPSA) is 110 Å². The van der Waals surface area contributed by atoms with Gasteiger partial charge in [-0.15, -0.1) is 0 Å². The molecule has 1 fully saturated rings. The molecule has 1 aliphatic carbocycles. The molecule has 3 aromatic carbocycles. The van der Waals surface area contributed by atoms with Crippen molar-refractivity contribution in [2.45, 2.75) is 49.9 Å². The van der Waals surface area contributed by atoms with E-state index in [0.29, 0.717) is 35.5 Å². The lowest BCUT2D eigenvalue weighted by atomic mass is 9.91. The standard InChI is InChI=1S/C33H27F3N4O3/c34-33(35,36)25-10-3-8-23(17-25)28(41)30(43)40-14-4-11-27-26(19-40)29(42)39-31(38-27)32(12-13-32)24-9-2-7-22(16-24)21-6-1-5-20(15-21)18-37/h1-3,5-10,15-17,28,41H,4,11-14,19H2,(H,38,39,42)/t28-/m1/s1. The minimum atomic E-state index is -4.61. The van der Waals surface area contributed by atoms with Crippen LogP contribution in [-0.4, -0.2) is 32.4 Å². The average molecular weight is 585 g/mol. The van der Waals surface area contributed by atoms with Crippen molar-refractivity contribution in [3.8, 4) is 17.2 Å². The lowest BCUT2D eigenvalue weighted by molar-refractivity contribution is -0.142. The number of aliphatic hydroxyl groups excluding tert-OH is 1. The van der Waals surface area contributed by atoms with E-state index >= 15 is 0 Å². The van der Waals surface area contributed by atoms with Gasteiger partial charge in [0.25, 0.3) is 11.5 Å². The van der Waals surface area contributed by atoms with Crippen LogP contribution in [-0.2, 0) is 29.4 Å². The van der Waals surface area contributed by atoms with E-state index < -0.39 is 29.2 Å². The van der Waals surface area contributed by atoms with Crippen LogP contribution in [0.2, 0.25) is 0 Å². The Bertz CT molecular complexity index is 1820. The predicted octanol–water partition coefficient (Wildman–Crippen LogP) is 5.42. The SMILES string of the molecule is N#Cc1cccc(-c2cccc(C3(c4nc5c(c(=O)[nH]4)CN(C(=O)[C@H](O)c4cccc(C(F)(F)F)c4)CCC5)CC3)c2)c1. The molecule has 0 saturated heterocycles. The number of nitrogens with zero attached hydrogens (tertiary/aromatic N) is 3. The molecule has 43 heavy (non-hydrogen) atoms. The second kappa shape index (κ2) is 10.8. The highest BCUT2D eigenvalue weighted by atomic mass is 19.4. The fourth-order valence-corrected chi connectivity index (χ4v) is 5.79. The van der Waals surface area contributed by atoms with Crippen LogP contribution in [0.25, 0.3) is 11.1 Å². The first-order valence-corrected chi connectivity index (χ1v) is 14.0. The van der Waals surface area contributed by atoms with Crippen molar-refractivity contribution in [1.29, 1.82) is 5.26 Å². The number of aryl methyl sites for hydroxylation is 1. The second-order valence-electron chi connectivity index (χ2n) is 11.1. The molecule has 1 saturated carbocycles. The molecule has 2 N–H and O–H groups in total. The molecule has 1 aromatic heterocycles. The van der Waals surface area contributed by atoms with Crippen LogP contribution in [0, 0.1) is 11.3 Å². The van der Waals surface area contributed by atoms with Crippen molar-refractivity contribution >= 4 is 5.91 Å². The largest absolute Gasteiger partial charge is 0.416 e. The number of H-pyrrole nitrogens is 1. The summed E-state index contributed by atoms with van der Waals surface area (Å²) in [7, 11) is 0. The summed E-state index contributed by atoms with van der Waals surface area (Å²) in [5.41, 5.74) is 2.36. The molecule has 0 radical (unpaired) electrons. The van der Waals surface area contributed by atoms with E-state index in [9.17, 15) is 33.1 Å². The van der Waals surface area contributed by atoms with E-state index in [2.05, 4.69) is 17.1 Å². The number of hydrogen-bond acceptors (Lipinski definition) is 5. The Labute approximate surface area is 245 Å². The van der Waals surface area contributed by atoms with E-state index in [1.807, 2.05) is 36.4 Å². The van der Waals surface area contributed by atoms with Crippen molar-refractivity contribution in [1.82, 2.24) is 14.9 Å². The van der Waals surface area contributed by atoms with Crippen LogP contribution in [0.1, 0.15) is 64.7 Å². The fourth-order valence-electron chi connectivity index (χ4n) is 5.79. The molecule has 1 aliphatic heterocycles. The van der Waals surface area contributed by atoms with Gasteiger partial charge in [-0.05, 0) is 72.2 Å². The maximum atomic E-state index is 13.4. The van der Waals surface area contributed by atoms with Gasteiger partial charge in [-0.1, -0.05) is 48.5 Å². The Balaban J connectivity index is 1.27. The molecule has 2 heterocycles. The number of benzene rings is 3. The van der Waals surface area contributed by atoms with Gasteiger partial charge in [0.2, 0.25) is 0 Å². The molecule has 218 valence electrons. The number of nitrogens with one attached hydrogen (secondary N) is 1. The van der Waals surface area contributed by atoms with Crippen molar-refractivity contribution in [2.75, 3.05) is 6.54 Å². The number of carbonyl (C=O) groups is 1. The molecule has 1 atom stereocenters. The monoisotopic (exact) mass is 584 g/mol. The third-order valence-electron chi connectivity index (χ3n) is 8.31. The molecule has 2 aliphatic rings. The van der Waals surface area contributed by atoms with Gasteiger partial charge in [0.05, 0.1) is 40.4 Å². The number of halogens is 3. The van der Waals surface area contributed by atoms with Gasteiger partial charge in [0.15, 0.2) is 6.10 Å². The number of fused-ring (bicyclic) bond motifs is 1. The van der Waals surface area contributed by atoms with Crippen molar-refractivity contribution < 1.29 is 23.1 Å². The lowest BCUT2D eigenvalue weighted by Gasteiger charge is -2.24. The van der Waals surface area contributed by atoms with Gasteiger partial charge in [-0.25, -0.2) is 4.98 Å². The third kappa shape index (κ3) is 5.44. The van der Waals surface area contributed by atoms with E-state index in [-0.39, 0.29) is 24.2 Å². The number of aromatic nitrogens is 2. The lowest BCUT2D eigenvalue weighted by Crippen LogP contribution is -2.36. The highest BCUT2D eigenvalue weighted by Gasteiger charge is 2.49. The fraction of sp³-hybridized carbons (Fsp3) is 0.273. The second-order valence-corrected chi connectivity index (χ2v) is 11.1. The van der Waals surface area contributed by atoms with Crippen LogP contribution in [0.4, 0.5) is 13.2 Å². The Morgan fingerprint density at radius 1 is 1.05 bits per heavy atom. The summed E-state index contributed by atoms with van der Waals surface area (Å²) in [5.74, 6) is -0.213. The number of carbonyl (C=O) groups excluding carboxylic acids is 1. The summed E-state index contributed by atoms with van der Waals surface area (Å²) in [6, 6.07) is 21.6.